The van der Waals surface area contributed by atoms with E-state index in [1.165, 1.54) is 25.0 Å². The Bertz CT molecular complexity index is 605. The molecule has 0 spiro atoms. The highest BCUT2D eigenvalue weighted by atomic mass is 79.9. The van der Waals surface area contributed by atoms with Gasteiger partial charge in [0.1, 0.15) is 17.8 Å². The molecule has 2 aliphatic heterocycles. The van der Waals surface area contributed by atoms with Gasteiger partial charge in [-0.25, -0.2) is 0 Å². The minimum atomic E-state index is -0.689. The smallest absolute Gasteiger partial charge is 0.316 e. The maximum Gasteiger partial charge on any atom is 0.316 e. The van der Waals surface area contributed by atoms with E-state index >= 15 is 0 Å². The number of phenols is 1. The number of nitrogens with zero attached hydrogens (tertiary/aromatic N) is 1. The molecule has 3 rings (SSSR count). The lowest BCUT2D eigenvalue weighted by molar-refractivity contribution is -0.968. The number of benzene rings is 1. The predicted octanol–water partition coefficient (Wildman–Crippen LogP) is -0.436. The Kier molecular flexibility index (Phi) is 6.75. The fourth-order valence-electron chi connectivity index (χ4n) is 4.84. The maximum absolute atomic E-state index is 12.6. The van der Waals surface area contributed by atoms with Crippen LogP contribution in [-0.4, -0.2) is 58.5 Å². The highest BCUT2D eigenvalue weighted by Gasteiger charge is 2.53. The van der Waals surface area contributed by atoms with Crippen LogP contribution in [0.25, 0.3) is 0 Å². The van der Waals surface area contributed by atoms with Crippen molar-refractivity contribution < 1.29 is 41.2 Å². The minimum Gasteiger partial charge on any atom is -1.00 e. The van der Waals surface area contributed by atoms with Gasteiger partial charge < -0.3 is 36.4 Å². The normalized spacial score (nSPS) is 31.3. The van der Waals surface area contributed by atoms with Crippen molar-refractivity contribution in [3.8, 4) is 5.75 Å². The van der Waals surface area contributed by atoms with Crippen molar-refractivity contribution in [1.29, 1.82) is 0 Å². The standard InChI is InChI=1S/C20H29NO4.BrH/c1-13(2)21(3)15-6-7-16(21)11-18(10-15)25-20(24)19(12-22)14-4-8-17(23)9-5-14;/h4-5,8-9,13,15-16,18-19,22H,6-7,10-12H2,1-3H3;1H. The zero-order chi connectivity index (χ0) is 18.2. The molecular weight excluding hydrogens is 398 g/mol. The van der Waals surface area contributed by atoms with Gasteiger partial charge in [0, 0.05) is 25.7 Å². The van der Waals surface area contributed by atoms with Gasteiger partial charge in [0.25, 0.3) is 0 Å². The van der Waals surface area contributed by atoms with Crippen molar-refractivity contribution in [1.82, 2.24) is 0 Å². The molecule has 26 heavy (non-hydrogen) atoms. The average Bonchev–Trinajstić information content (AvgIpc) is 2.75. The summed E-state index contributed by atoms with van der Waals surface area (Å²) in [7, 11) is 2.35. The first-order chi connectivity index (χ1) is 11.9. The number of ether oxygens (including phenoxy) is 1. The predicted molar refractivity (Wildman–Crippen MR) is 95.2 cm³/mol. The number of aromatic hydroxyl groups is 1. The molecule has 1 aromatic carbocycles. The fraction of sp³-hybridized carbons (Fsp3) is 0.650. The van der Waals surface area contributed by atoms with E-state index in [9.17, 15) is 15.0 Å². The molecule has 146 valence electrons. The molecule has 2 saturated heterocycles. The SMILES string of the molecule is CC(C)[N+]1(C)C2CCC1CC(OC(=O)C(CO)c1ccc(O)cc1)C2.[Br-]. The summed E-state index contributed by atoms with van der Waals surface area (Å²) in [6.07, 6.45) is 4.17. The highest BCUT2D eigenvalue weighted by molar-refractivity contribution is 5.78. The number of aliphatic hydroxyl groups excluding tert-OH is 1. The van der Waals surface area contributed by atoms with Gasteiger partial charge in [0.15, 0.2) is 0 Å². The summed E-state index contributed by atoms with van der Waals surface area (Å²) < 4.78 is 6.90. The molecule has 2 heterocycles. The first-order valence-electron chi connectivity index (χ1n) is 9.32. The van der Waals surface area contributed by atoms with E-state index in [4.69, 9.17) is 4.74 Å². The van der Waals surface area contributed by atoms with Crippen LogP contribution in [0.4, 0.5) is 0 Å². The zero-order valence-electron chi connectivity index (χ0n) is 15.8. The number of aliphatic hydroxyl groups is 1. The number of hydrogen-bond acceptors (Lipinski definition) is 4. The molecule has 2 fully saturated rings. The molecule has 0 saturated carbocycles. The summed E-state index contributed by atoms with van der Waals surface area (Å²) >= 11 is 0. The van der Waals surface area contributed by atoms with Crippen LogP contribution in [0, 0.1) is 0 Å². The van der Waals surface area contributed by atoms with Gasteiger partial charge in [0.05, 0.1) is 31.8 Å². The van der Waals surface area contributed by atoms with Crippen LogP contribution in [0.1, 0.15) is 51.0 Å². The lowest BCUT2D eigenvalue weighted by atomic mass is 9.94. The Hall–Kier alpha value is -1.11. The van der Waals surface area contributed by atoms with Crippen LogP contribution < -0.4 is 17.0 Å². The number of carbonyl (C=O) groups is 1. The fourth-order valence-corrected chi connectivity index (χ4v) is 4.84. The van der Waals surface area contributed by atoms with E-state index in [0.717, 1.165) is 17.3 Å². The highest BCUT2D eigenvalue weighted by Crippen LogP contribution is 2.44. The topological polar surface area (TPSA) is 66.8 Å². The number of phenolic OH excluding ortho intramolecular Hbond substituents is 1. The summed E-state index contributed by atoms with van der Waals surface area (Å²) in [6.45, 7) is 4.28. The Balaban J connectivity index is 0.00000243. The van der Waals surface area contributed by atoms with Gasteiger partial charge in [0.2, 0.25) is 0 Å². The Labute approximate surface area is 166 Å². The van der Waals surface area contributed by atoms with Crippen molar-refractivity contribution in [2.45, 2.75) is 69.7 Å². The molecule has 2 aliphatic rings. The van der Waals surface area contributed by atoms with Gasteiger partial charge >= 0.3 is 5.97 Å². The molecule has 0 aliphatic carbocycles. The first kappa shape index (κ1) is 21.2. The quantitative estimate of drug-likeness (QED) is 0.493. The minimum absolute atomic E-state index is 0. The third kappa shape index (κ3) is 3.78. The summed E-state index contributed by atoms with van der Waals surface area (Å²) in [5.41, 5.74) is 0.673. The number of carbonyl (C=O) groups excluding carboxylic acids is 1. The van der Waals surface area contributed by atoms with Crippen molar-refractivity contribution in [3.63, 3.8) is 0 Å². The Morgan fingerprint density at radius 2 is 1.73 bits per heavy atom. The third-order valence-electron chi connectivity index (χ3n) is 6.63. The van der Waals surface area contributed by atoms with Crippen molar-refractivity contribution in [3.05, 3.63) is 29.8 Å². The van der Waals surface area contributed by atoms with Gasteiger partial charge in [-0.1, -0.05) is 12.1 Å². The Morgan fingerprint density at radius 1 is 1.19 bits per heavy atom. The van der Waals surface area contributed by atoms with Gasteiger partial charge in [-0.2, -0.15) is 0 Å². The molecule has 5 nitrogen and oxygen atoms in total. The number of quaternary nitrogens is 1. The molecule has 3 atom stereocenters. The van der Waals surface area contributed by atoms with Gasteiger partial charge in [-0.05, 0) is 31.5 Å². The summed E-state index contributed by atoms with van der Waals surface area (Å²) in [5, 5.41) is 19.0. The summed E-state index contributed by atoms with van der Waals surface area (Å²) in [6, 6.07) is 8.06. The van der Waals surface area contributed by atoms with Gasteiger partial charge in [-0.3, -0.25) is 4.79 Å². The lowest BCUT2D eigenvalue weighted by Gasteiger charge is -2.49. The molecule has 2 N–H and O–H groups in total. The van der Waals surface area contributed by atoms with Crippen molar-refractivity contribution in [2.24, 2.45) is 0 Å². The van der Waals surface area contributed by atoms with E-state index in [0.29, 0.717) is 23.7 Å². The van der Waals surface area contributed by atoms with E-state index in [2.05, 4.69) is 20.9 Å². The molecule has 0 amide bonds. The second-order valence-corrected chi connectivity index (χ2v) is 8.06. The van der Waals surface area contributed by atoms with Crippen LogP contribution in [-0.2, 0) is 9.53 Å². The summed E-state index contributed by atoms with van der Waals surface area (Å²) in [5.74, 6) is -0.909. The molecule has 1 aromatic rings. The molecule has 2 bridgehead atoms. The van der Waals surface area contributed by atoms with Crippen LogP contribution in [0.5, 0.6) is 5.75 Å². The zero-order valence-corrected chi connectivity index (χ0v) is 17.4. The number of hydrogen-bond donors (Lipinski definition) is 2. The number of rotatable bonds is 5. The van der Waals surface area contributed by atoms with E-state index < -0.39 is 5.92 Å². The Morgan fingerprint density at radius 3 is 2.19 bits per heavy atom. The molecule has 3 unspecified atom stereocenters. The number of piperidine rings is 1. The second-order valence-electron chi connectivity index (χ2n) is 8.06. The summed E-state index contributed by atoms with van der Waals surface area (Å²) in [4.78, 5) is 12.6. The van der Waals surface area contributed by atoms with Crippen LogP contribution in [0.15, 0.2) is 24.3 Å². The van der Waals surface area contributed by atoms with Crippen molar-refractivity contribution >= 4 is 5.97 Å². The first-order valence-corrected chi connectivity index (χ1v) is 9.32. The molecule has 6 heteroatoms. The van der Waals surface area contributed by atoms with Crippen LogP contribution in [0.3, 0.4) is 0 Å². The molecular formula is C20H30BrNO4. The maximum atomic E-state index is 12.6. The monoisotopic (exact) mass is 427 g/mol. The van der Waals surface area contributed by atoms with Crippen molar-refractivity contribution in [2.75, 3.05) is 13.7 Å². The number of esters is 1. The van der Waals surface area contributed by atoms with E-state index in [1.807, 2.05) is 0 Å². The van der Waals surface area contributed by atoms with E-state index in [1.54, 1.807) is 12.1 Å². The number of halogens is 1. The van der Waals surface area contributed by atoms with Crippen LogP contribution >= 0.6 is 0 Å². The third-order valence-corrected chi connectivity index (χ3v) is 6.63. The lowest BCUT2D eigenvalue weighted by Crippen LogP contribution is -3.00. The number of fused-ring (bicyclic) bond motifs is 2. The molecule has 0 radical (unpaired) electrons. The largest absolute Gasteiger partial charge is 1.00 e. The van der Waals surface area contributed by atoms with E-state index in [-0.39, 0.29) is 41.4 Å². The average molecular weight is 428 g/mol. The van der Waals surface area contributed by atoms with Gasteiger partial charge in [-0.15, -0.1) is 0 Å². The second kappa shape index (κ2) is 8.28. The van der Waals surface area contributed by atoms with Crippen LogP contribution in [0.2, 0.25) is 0 Å². The molecule has 0 aromatic heterocycles.